The molecular weight excluding hydrogens is 492 g/mol. The minimum absolute atomic E-state index is 0.0842. The number of hydrogen-bond donors (Lipinski definition) is 2. The highest BCUT2D eigenvalue weighted by Crippen LogP contribution is 2.55. The average molecular weight is 531 g/mol. The summed E-state index contributed by atoms with van der Waals surface area (Å²) in [6.45, 7) is 14.9. The highest BCUT2D eigenvalue weighted by atomic mass is 16.2. The molecule has 1 aliphatic rings. The van der Waals surface area contributed by atoms with Gasteiger partial charge in [0, 0.05) is 27.9 Å². The van der Waals surface area contributed by atoms with Gasteiger partial charge < -0.3 is 10.6 Å². The second-order valence-electron chi connectivity index (χ2n) is 12.1. The van der Waals surface area contributed by atoms with Gasteiger partial charge in [0.05, 0.1) is 0 Å². The van der Waals surface area contributed by atoms with E-state index in [1.54, 1.807) is 0 Å². The van der Waals surface area contributed by atoms with Gasteiger partial charge in [-0.1, -0.05) is 75.4 Å². The van der Waals surface area contributed by atoms with Crippen LogP contribution in [-0.4, -0.2) is 11.8 Å². The van der Waals surface area contributed by atoms with Gasteiger partial charge in [-0.05, 0) is 103 Å². The lowest BCUT2D eigenvalue weighted by molar-refractivity contribution is 0.101. The van der Waals surface area contributed by atoms with Gasteiger partial charge in [-0.25, -0.2) is 0 Å². The fraction of sp³-hybridized carbons (Fsp3) is 0.278. The Kier molecular flexibility index (Phi) is 6.91. The quantitative estimate of drug-likeness (QED) is 0.273. The van der Waals surface area contributed by atoms with Crippen molar-refractivity contribution in [1.29, 1.82) is 0 Å². The number of rotatable bonds is 5. The van der Waals surface area contributed by atoms with Crippen molar-refractivity contribution in [3.63, 3.8) is 0 Å². The summed E-state index contributed by atoms with van der Waals surface area (Å²) in [6.07, 6.45) is 0.859. The third kappa shape index (κ3) is 4.62. The first-order valence-corrected chi connectivity index (χ1v) is 13.9. The number of aryl methyl sites for hydroxylation is 4. The van der Waals surface area contributed by atoms with Crippen molar-refractivity contribution < 1.29 is 9.59 Å². The topological polar surface area (TPSA) is 58.2 Å². The Hall–Kier alpha value is -4.18. The van der Waals surface area contributed by atoms with Crippen LogP contribution in [0.15, 0.2) is 78.9 Å². The normalized spacial score (nSPS) is 17.3. The summed E-state index contributed by atoms with van der Waals surface area (Å²) in [6, 6.07) is 26.1. The van der Waals surface area contributed by atoms with Crippen LogP contribution in [0.5, 0.6) is 0 Å². The van der Waals surface area contributed by atoms with Crippen molar-refractivity contribution in [3.8, 4) is 0 Å². The molecule has 1 atom stereocenters. The lowest BCUT2D eigenvalue weighted by atomic mass is 9.63. The number of carbonyl (C=O) groups is 2. The summed E-state index contributed by atoms with van der Waals surface area (Å²) in [5.74, 6) is -0.203. The summed E-state index contributed by atoms with van der Waals surface area (Å²) in [5, 5.41) is 6.21. The van der Waals surface area contributed by atoms with Crippen LogP contribution in [0.4, 0.5) is 11.4 Å². The van der Waals surface area contributed by atoms with Gasteiger partial charge in [0.2, 0.25) is 0 Å². The van der Waals surface area contributed by atoms with Crippen LogP contribution in [0, 0.1) is 33.1 Å². The van der Waals surface area contributed by atoms with E-state index in [1.165, 1.54) is 11.1 Å². The first-order valence-electron chi connectivity index (χ1n) is 13.9. The fourth-order valence-corrected chi connectivity index (χ4v) is 6.28. The van der Waals surface area contributed by atoms with Gasteiger partial charge in [0.1, 0.15) is 0 Å². The molecule has 40 heavy (non-hydrogen) atoms. The maximum absolute atomic E-state index is 13.2. The Bertz CT molecular complexity index is 1590. The predicted octanol–water partition coefficient (Wildman–Crippen LogP) is 8.31. The molecule has 1 aliphatic carbocycles. The van der Waals surface area contributed by atoms with Crippen molar-refractivity contribution in [2.45, 2.75) is 60.3 Å². The maximum atomic E-state index is 13.2. The van der Waals surface area contributed by atoms with Crippen molar-refractivity contribution in [2.75, 3.05) is 10.6 Å². The first-order chi connectivity index (χ1) is 18.9. The number of nitrogens with one attached hydrogen (secondary N) is 2. The smallest absolute Gasteiger partial charge is 0.255 e. The van der Waals surface area contributed by atoms with Crippen LogP contribution in [0.2, 0.25) is 0 Å². The number of para-hydroxylation sites is 2. The molecule has 4 heteroatoms. The molecule has 0 saturated heterocycles. The minimum atomic E-state index is -0.272. The summed E-state index contributed by atoms with van der Waals surface area (Å²) in [5.41, 5.74) is 10.5. The Morgan fingerprint density at radius 3 is 1.57 bits per heavy atom. The van der Waals surface area contributed by atoms with E-state index in [4.69, 9.17) is 0 Å². The molecule has 0 radical (unpaired) electrons. The van der Waals surface area contributed by atoms with Crippen LogP contribution >= 0.6 is 0 Å². The zero-order chi connectivity index (χ0) is 28.8. The largest absolute Gasteiger partial charge is 0.322 e. The first kappa shape index (κ1) is 27.4. The zero-order valence-electron chi connectivity index (χ0n) is 24.5. The molecule has 0 saturated carbocycles. The van der Waals surface area contributed by atoms with Gasteiger partial charge in [0.25, 0.3) is 11.8 Å². The Morgan fingerprint density at radius 2 is 1.07 bits per heavy atom. The SMILES string of the molecule is Cc1cccc(C)c1NC(=O)c1ccc([C@@]2(C)c3ccc(C(=O)Nc4c(C)cccc4C)cc3CC2(C)C)cc1. The maximum Gasteiger partial charge on any atom is 0.255 e. The van der Waals surface area contributed by atoms with Crippen molar-refractivity contribution in [3.05, 3.63) is 129 Å². The van der Waals surface area contributed by atoms with E-state index < -0.39 is 0 Å². The number of fused-ring (bicyclic) bond motifs is 1. The Labute approximate surface area is 237 Å². The van der Waals surface area contributed by atoms with Crippen molar-refractivity contribution >= 4 is 23.2 Å². The molecule has 0 unspecified atom stereocenters. The molecular formula is C36H38N2O2. The molecule has 2 N–H and O–H groups in total. The molecule has 4 aromatic rings. The van der Waals surface area contributed by atoms with E-state index >= 15 is 0 Å². The third-order valence-electron chi connectivity index (χ3n) is 9.06. The molecule has 0 fully saturated rings. The molecule has 5 rings (SSSR count). The summed E-state index contributed by atoms with van der Waals surface area (Å²) < 4.78 is 0. The standard InChI is InChI=1S/C36H38N2O2/c1-22-10-8-11-23(2)31(22)37-33(39)26-14-17-29(18-15-26)36(7)30-19-16-27(20-28(30)21-35(36,5)6)34(40)38-32-24(3)12-9-13-25(32)4/h8-20H,21H2,1-7H3,(H,37,39)(H,38,40)/t36-/m0/s1. The number of hydrogen-bond acceptors (Lipinski definition) is 2. The summed E-state index contributed by atoms with van der Waals surface area (Å²) in [4.78, 5) is 26.3. The number of benzene rings is 4. The zero-order valence-corrected chi connectivity index (χ0v) is 24.5. The average Bonchev–Trinajstić information content (AvgIpc) is 3.13. The van der Waals surface area contributed by atoms with Crippen molar-refractivity contribution in [2.24, 2.45) is 5.41 Å². The van der Waals surface area contributed by atoms with E-state index in [2.05, 4.69) is 55.7 Å². The molecule has 0 heterocycles. The van der Waals surface area contributed by atoms with E-state index in [0.717, 1.165) is 45.6 Å². The van der Waals surface area contributed by atoms with Gasteiger partial charge in [0.15, 0.2) is 0 Å². The molecule has 0 bridgehead atoms. The van der Waals surface area contributed by atoms with E-state index in [0.29, 0.717) is 11.1 Å². The molecule has 0 spiro atoms. The van der Waals surface area contributed by atoms with E-state index in [-0.39, 0.29) is 22.6 Å². The van der Waals surface area contributed by atoms with Gasteiger partial charge in [-0.2, -0.15) is 0 Å². The van der Waals surface area contributed by atoms with Crippen LogP contribution in [0.1, 0.15) is 80.4 Å². The molecule has 204 valence electrons. The number of carbonyl (C=O) groups excluding carboxylic acids is 2. The van der Waals surface area contributed by atoms with Gasteiger partial charge in [-0.3, -0.25) is 9.59 Å². The van der Waals surface area contributed by atoms with Crippen LogP contribution in [-0.2, 0) is 11.8 Å². The predicted molar refractivity (Wildman–Crippen MR) is 165 cm³/mol. The van der Waals surface area contributed by atoms with Crippen LogP contribution in [0.25, 0.3) is 0 Å². The Balaban J connectivity index is 1.42. The van der Waals surface area contributed by atoms with E-state index in [9.17, 15) is 9.59 Å². The molecule has 4 aromatic carbocycles. The fourth-order valence-electron chi connectivity index (χ4n) is 6.28. The highest BCUT2D eigenvalue weighted by Gasteiger charge is 2.50. The second-order valence-corrected chi connectivity index (χ2v) is 12.1. The minimum Gasteiger partial charge on any atom is -0.322 e. The highest BCUT2D eigenvalue weighted by molar-refractivity contribution is 6.06. The monoisotopic (exact) mass is 530 g/mol. The van der Waals surface area contributed by atoms with Crippen LogP contribution < -0.4 is 10.6 Å². The summed E-state index contributed by atoms with van der Waals surface area (Å²) >= 11 is 0. The van der Waals surface area contributed by atoms with Crippen molar-refractivity contribution in [1.82, 2.24) is 0 Å². The van der Waals surface area contributed by atoms with E-state index in [1.807, 2.05) is 82.3 Å². The Morgan fingerprint density at radius 1 is 0.625 bits per heavy atom. The molecule has 0 aromatic heterocycles. The molecule has 4 nitrogen and oxygen atoms in total. The van der Waals surface area contributed by atoms with Crippen LogP contribution in [0.3, 0.4) is 0 Å². The van der Waals surface area contributed by atoms with Gasteiger partial charge in [-0.15, -0.1) is 0 Å². The van der Waals surface area contributed by atoms with Gasteiger partial charge >= 0.3 is 0 Å². The summed E-state index contributed by atoms with van der Waals surface area (Å²) in [7, 11) is 0. The third-order valence-corrected chi connectivity index (χ3v) is 9.06. The number of amides is 2. The molecule has 2 amide bonds. The number of anilines is 2. The lowest BCUT2D eigenvalue weighted by Crippen LogP contribution is -2.36. The lowest BCUT2D eigenvalue weighted by Gasteiger charge is -2.40. The second kappa shape index (κ2) is 10.1. The molecule has 0 aliphatic heterocycles.